The van der Waals surface area contributed by atoms with Crippen molar-refractivity contribution in [2.45, 2.75) is 44.0 Å². The maximum Gasteiger partial charge on any atom is 0.243 e. The molecule has 0 saturated carbocycles. The van der Waals surface area contributed by atoms with E-state index >= 15 is 0 Å². The van der Waals surface area contributed by atoms with Gasteiger partial charge in [-0.05, 0) is 51.0 Å². The Morgan fingerprint density at radius 2 is 1.77 bits per heavy atom. The van der Waals surface area contributed by atoms with Gasteiger partial charge in [-0.15, -0.1) is 0 Å². The minimum Gasteiger partial charge on any atom is -0.339 e. The summed E-state index contributed by atoms with van der Waals surface area (Å²) in [4.78, 5) is 26.3. The molecule has 1 atom stereocenters. The predicted molar refractivity (Wildman–Crippen MR) is 98.0 cm³/mol. The zero-order chi connectivity index (χ0) is 18.9. The van der Waals surface area contributed by atoms with Gasteiger partial charge in [-0.2, -0.15) is 4.31 Å². The van der Waals surface area contributed by atoms with Crippen molar-refractivity contribution >= 4 is 27.5 Å². The van der Waals surface area contributed by atoms with Crippen molar-refractivity contribution in [3.05, 3.63) is 24.3 Å². The van der Waals surface area contributed by atoms with Crippen LogP contribution in [0, 0.1) is 5.92 Å². The second-order valence-electron chi connectivity index (χ2n) is 7.17. The number of benzene rings is 1. The Labute approximate surface area is 154 Å². The molecule has 1 aromatic carbocycles. The quantitative estimate of drug-likeness (QED) is 0.843. The van der Waals surface area contributed by atoms with Crippen molar-refractivity contribution in [1.82, 2.24) is 9.21 Å². The molecular formula is C18H25N3O4S. The maximum absolute atomic E-state index is 12.5. The first-order valence-electron chi connectivity index (χ1n) is 8.99. The lowest BCUT2D eigenvalue weighted by Gasteiger charge is -2.20. The van der Waals surface area contributed by atoms with Gasteiger partial charge >= 0.3 is 0 Å². The summed E-state index contributed by atoms with van der Waals surface area (Å²) in [6, 6.07) is 6.30. The zero-order valence-corrected chi connectivity index (χ0v) is 16.0. The van der Waals surface area contributed by atoms with E-state index < -0.39 is 10.0 Å². The van der Waals surface area contributed by atoms with E-state index in [1.54, 1.807) is 17.0 Å². The molecule has 0 bridgehead atoms. The van der Waals surface area contributed by atoms with Crippen molar-refractivity contribution in [3.8, 4) is 0 Å². The molecule has 0 radical (unpaired) electrons. The average molecular weight is 379 g/mol. The van der Waals surface area contributed by atoms with Gasteiger partial charge in [-0.25, -0.2) is 8.42 Å². The summed E-state index contributed by atoms with van der Waals surface area (Å²) in [5.74, 6) is -0.596. The summed E-state index contributed by atoms with van der Waals surface area (Å²) in [5, 5.41) is 2.79. The first-order chi connectivity index (χ1) is 12.3. The lowest BCUT2D eigenvalue weighted by atomic mass is 10.1. The van der Waals surface area contributed by atoms with Crippen LogP contribution in [-0.4, -0.2) is 55.1 Å². The van der Waals surface area contributed by atoms with Crippen LogP contribution in [0.2, 0.25) is 0 Å². The van der Waals surface area contributed by atoms with Crippen molar-refractivity contribution in [2.75, 3.05) is 25.0 Å². The Morgan fingerprint density at radius 3 is 2.31 bits per heavy atom. The van der Waals surface area contributed by atoms with E-state index in [0.29, 0.717) is 25.3 Å². The van der Waals surface area contributed by atoms with E-state index in [4.69, 9.17) is 0 Å². The second kappa shape index (κ2) is 7.36. The fraction of sp³-hybridized carbons (Fsp3) is 0.556. The Balaban J connectivity index is 1.64. The number of sulfonamides is 1. The SMILES string of the molecule is CC(C)N1C[C@H](C(=O)Nc2ccc(S(=O)(=O)N3CCCC3)cc2)CC1=O. The molecule has 1 aromatic rings. The van der Waals surface area contributed by atoms with Gasteiger partial charge in [0.15, 0.2) is 0 Å². The van der Waals surface area contributed by atoms with E-state index in [0.717, 1.165) is 12.8 Å². The highest BCUT2D eigenvalue weighted by atomic mass is 32.2. The molecule has 2 aliphatic rings. The number of hydrogen-bond donors (Lipinski definition) is 1. The number of hydrogen-bond acceptors (Lipinski definition) is 4. The van der Waals surface area contributed by atoms with E-state index in [2.05, 4.69) is 5.32 Å². The molecule has 2 aliphatic heterocycles. The van der Waals surface area contributed by atoms with Crippen LogP contribution in [0.4, 0.5) is 5.69 Å². The zero-order valence-electron chi connectivity index (χ0n) is 15.1. The Bertz CT molecular complexity index is 783. The smallest absolute Gasteiger partial charge is 0.243 e. The van der Waals surface area contributed by atoms with Gasteiger partial charge in [0.05, 0.1) is 10.8 Å². The maximum atomic E-state index is 12.5. The van der Waals surface area contributed by atoms with Gasteiger partial charge < -0.3 is 10.2 Å². The molecule has 2 amide bonds. The fourth-order valence-corrected chi connectivity index (χ4v) is 4.96. The summed E-state index contributed by atoms with van der Waals surface area (Å²) in [7, 11) is -3.45. The van der Waals surface area contributed by atoms with E-state index in [-0.39, 0.29) is 35.1 Å². The van der Waals surface area contributed by atoms with E-state index in [1.807, 2.05) is 13.8 Å². The standard InChI is InChI=1S/C18H25N3O4S/c1-13(2)21-12-14(11-17(21)22)18(23)19-15-5-7-16(8-6-15)26(24,25)20-9-3-4-10-20/h5-8,13-14H,3-4,9-12H2,1-2H3,(H,19,23)/t14-/m1/s1. The van der Waals surface area contributed by atoms with Crippen molar-refractivity contribution < 1.29 is 18.0 Å². The molecule has 8 heteroatoms. The monoisotopic (exact) mass is 379 g/mol. The Hall–Kier alpha value is -1.93. The number of amides is 2. The lowest BCUT2D eigenvalue weighted by Crippen LogP contribution is -2.33. The van der Waals surface area contributed by atoms with Crippen LogP contribution in [0.3, 0.4) is 0 Å². The highest BCUT2D eigenvalue weighted by Gasteiger charge is 2.35. The highest BCUT2D eigenvalue weighted by molar-refractivity contribution is 7.89. The highest BCUT2D eigenvalue weighted by Crippen LogP contribution is 2.24. The predicted octanol–water partition coefficient (Wildman–Crippen LogP) is 1.67. The lowest BCUT2D eigenvalue weighted by molar-refractivity contribution is -0.129. The van der Waals surface area contributed by atoms with Gasteiger partial charge in [0.1, 0.15) is 0 Å². The van der Waals surface area contributed by atoms with Crippen molar-refractivity contribution in [3.63, 3.8) is 0 Å². The third-order valence-electron chi connectivity index (χ3n) is 4.98. The molecule has 2 saturated heterocycles. The van der Waals surface area contributed by atoms with Crippen LogP contribution >= 0.6 is 0 Å². The first kappa shape index (κ1) is 18.8. The molecule has 0 aliphatic carbocycles. The topological polar surface area (TPSA) is 86.8 Å². The fourth-order valence-electron chi connectivity index (χ4n) is 3.44. The van der Waals surface area contributed by atoms with Crippen molar-refractivity contribution in [2.24, 2.45) is 5.92 Å². The van der Waals surface area contributed by atoms with Crippen LogP contribution in [0.25, 0.3) is 0 Å². The van der Waals surface area contributed by atoms with Crippen LogP contribution in [0.1, 0.15) is 33.1 Å². The molecule has 3 rings (SSSR count). The third-order valence-corrected chi connectivity index (χ3v) is 6.89. The number of nitrogens with one attached hydrogen (secondary N) is 1. The first-order valence-corrected chi connectivity index (χ1v) is 10.4. The van der Waals surface area contributed by atoms with Gasteiger partial charge in [0, 0.05) is 37.8 Å². The molecule has 2 heterocycles. The molecule has 1 N–H and O–H groups in total. The minimum atomic E-state index is -3.45. The third kappa shape index (κ3) is 3.76. The molecule has 142 valence electrons. The molecule has 0 unspecified atom stereocenters. The van der Waals surface area contributed by atoms with Crippen LogP contribution in [0.15, 0.2) is 29.2 Å². The molecule has 0 spiro atoms. The molecule has 7 nitrogen and oxygen atoms in total. The number of nitrogens with zero attached hydrogens (tertiary/aromatic N) is 2. The molecule has 2 fully saturated rings. The van der Waals surface area contributed by atoms with Gasteiger partial charge in [-0.3, -0.25) is 9.59 Å². The number of rotatable bonds is 5. The van der Waals surface area contributed by atoms with Gasteiger partial charge in [-0.1, -0.05) is 0 Å². The molecule has 26 heavy (non-hydrogen) atoms. The van der Waals surface area contributed by atoms with Crippen LogP contribution in [-0.2, 0) is 19.6 Å². The Morgan fingerprint density at radius 1 is 1.15 bits per heavy atom. The molecular weight excluding hydrogens is 354 g/mol. The summed E-state index contributed by atoms with van der Waals surface area (Å²) in [6.07, 6.45) is 1.99. The average Bonchev–Trinajstić information content (AvgIpc) is 3.25. The normalized spacial score (nSPS) is 21.6. The summed E-state index contributed by atoms with van der Waals surface area (Å²) in [6.45, 7) is 5.39. The number of likely N-dealkylation sites (tertiary alicyclic amines) is 1. The van der Waals surface area contributed by atoms with Crippen LogP contribution < -0.4 is 5.32 Å². The summed E-state index contributed by atoms with van der Waals surface area (Å²) < 4.78 is 26.5. The number of carbonyl (C=O) groups is 2. The molecule has 0 aromatic heterocycles. The summed E-state index contributed by atoms with van der Waals surface area (Å²) >= 11 is 0. The van der Waals surface area contributed by atoms with Gasteiger partial charge in [0.25, 0.3) is 0 Å². The number of carbonyl (C=O) groups excluding carboxylic acids is 2. The summed E-state index contributed by atoms with van der Waals surface area (Å²) in [5.41, 5.74) is 0.533. The van der Waals surface area contributed by atoms with Crippen LogP contribution in [0.5, 0.6) is 0 Å². The second-order valence-corrected chi connectivity index (χ2v) is 9.10. The minimum absolute atomic E-state index is 0.00722. The largest absolute Gasteiger partial charge is 0.339 e. The van der Waals surface area contributed by atoms with E-state index in [9.17, 15) is 18.0 Å². The Kier molecular flexibility index (Phi) is 5.34. The van der Waals surface area contributed by atoms with E-state index in [1.165, 1.54) is 16.4 Å². The van der Waals surface area contributed by atoms with Gasteiger partial charge in [0.2, 0.25) is 21.8 Å². The van der Waals surface area contributed by atoms with Crippen molar-refractivity contribution in [1.29, 1.82) is 0 Å². The number of anilines is 1.